The van der Waals surface area contributed by atoms with E-state index in [4.69, 9.17) is 0 Å². The van der Waals surface area contributed by atoms with Crippen LogP contribution in [0.1, 0.15) is 16.8 Å². The average Bonchev–Trinajstić information content (AvgIpc) is 2.46. The highest BCUT2D eigenvalue weighted by molar-refractivity contribution is 6.17. The molecule has 5 nitrogen and oxygen atoms in total. The van der Waals surface area contributed by atoms with E-state index in [1.165, 1.54) is 7.11 Å². The Balaban J connectivity index is 2.46. The molecule has 1 aliphatic heterocycles. The number of hydrogen-bond donors (Lipinski definition) is 1. The van der Waals surface area contributed by atoms with Gasteiger partial charge in [-0.05, 0) is 12.1 Å². The molecule has 1 amide bonds. The van der Waals surface area contributed by atoms with Crippen LogP contribution in [0.3, 0.4) is 0 Å². The molecule has 0 bridgehead atoms. The molecule has 2 rings (SSSR count). The van der Waals surface area contributed by atoms with E-state index in [9.17, 15) is 14.4 Å². The molecule has 1 aromatic rings. The van der Waals surface area contributed by atoms with E-state index < -0.39 is 11.9 Å². The molecule has 5 heteroatoms. The van der Waals surface area contributed by atoms with Crippen LogP contribution in [0.4, 0.5) is 5.69 Å². The number of Topliss-reactive ketones (excluding diaryl/α,β-unsaturated/α-hetero) is 1. The number of methoxy groups -OCH3 is 1. The Kier molecular flexibility index (Phi) is 2.91. The molecule has 17 heavy (non-hydrogen) atoms. The summed E-state index contributed by atoms with van der Waals surface area (Å²) in [4.78, 5) is 35.1. The molecule has 0 unspecified atom stereocenters. The van der Waals surface area contributed by atoms with Gasteiger partial charge in [0.15, 0.2) is 5.78 Å². The van der Waals surface area contributed by atoms with Gasteiger partial charge in [0.05, 0.1) is 12.8 Å². The standard InChI is InChI=1S/C12H11NO4/c1-17-12(16)8-6-10(14)13-9-5-3-2-4-7(9)11(8)15/h2-5,8H,6H2,1H3,(H,13,14)/t8-/m1/s1. The summed E-state index contributed by atoms with van der Waals surface area (Å²) in [7, 11) is 1.20. The van der Waals surface area contributed by atoms with Crippen LogP contribution in [-0.4, -0.2) is 24.8 Å². The van der Waals surface area contributed by atoms with Crippen molar-refractivity contribution in [1.29, 1.82) is 0 Å². The number of anilines is 1. The van der Waals surface area contributed by atoms with Gasteiger partial charge in [-0.25, -0.2) is 0 Å². The number of ether oxygens (including phenoxy) is 1. The van der Waals surface area contributed by atoms with E-state index in [1.54, 1.807) is 24.3 Å². The third-order valence-electron chi connectivity index (χ3n) is 2.66. The zero-order valence-electron chi connectivity index (χ0n) is 9.23. The highest BCUT2D eigenvalue weighted by Crippen LogP contribution is 2.25. The highest BCUT2D eigenvalue weighted by atomic mass is 16.5. The molecule has 1 aliphatic rings. The Hall–Kier alpha value is -2.17. The molecule has 0 saturated heterocycles. The third-order valence-corrected chi connectivity index (χ3v) is 2.66. The van der Waals surface area contributed by atoms with Gasteiger partial charge >= 0.3 is 5.97 Å². The van der Waals surface area contributed by atoms with Crippen LogP contribution < -0.4 is 5.32 Å². The van der Waals surface area contributed by atoms with E-state index in [0.717, 1.165) is 0 Å². The van der Waals surface area contributed by atoms with E-state index in [2.05, 4.69) is 10.1 Å². The Morgan fingerprint density at radius 3 is 2.76 bits per heavy atom. The fraction of sp³-hybridized carbons (Fsp3) is 0.250. The topological polar surface area (TPSA) is 72.5 Å². The van der Waals surface area contributed by atoms with Gasteiger partial charge < -0.3 is 10.1 Å². The van der Waals surface area contributed by atoms with Crippen LogP contribution in [0.25, 0.3) is 0 Å². The van der Waals surface area contributed by atoms with Gasteiger partial charge in [0.25, 0.3) is 0 Å². The Labute approximate surface area is 97.8 Å². The number of benzene rings is 1. The number of nitrogens with one attached hydrogen (secondary N) is 1. The van der Waals surface area contributed by atoms with Crippen LogP contribution in [0.5, 0.6) is 0 Å². The summed E-state index contributed by atoms with van der Waals surface area (Å²) in [6, 6.07) is 6.61. The molecular weight excluding hydrogens is 222 g/mol. The summed E-state index contributed by atoms with van der Waals surface area (Å²) in [5.74, 6) is -2.48. The minimum Gasteiger partial charge on any atom is -0.468 e. The molecule has 0 aromatic heterocycles. The summed E-state index contributed by atoms with van der Waals surface area (Å²) in [5.41, 5.74) is 0.780. The van der Waals surface area contributed by atoms with Crippen molar-refractivity contribution >= 4 is 23.3 Å². The first kappa shape index (κ1) is 11.3. The molecule has 0 saturated carbocycles. The summed E-state index contributed by atoms with van der Waals surface area (Å²) in [6.45, 7) is 0. The number of ketones is 1. The minimum atomic E-state index is -1.05. The lowest BCUT2D eigenvalue weighted by Gasteiger charge is -2.09. The van der Waals surface area contributed by atoms with Gasteiger partial charge in [-0.2, -0.15) is 0 Å². The normalized spacial score (nSPS) is 19.0. The second-order valence-electron chi connectivity index (χ2n) is 3.74. The van der Waals surface area contributed by atoms with Crippen molar-refractivity contribution in [1.82, 2.24) is 0 Å². The summed E-state index contributed by atoms with van der Waals surface area (Å²) >= 11 is 0. The number of carbonyl (C=O) groups is 3. The second-order valence-corrected chi connectivity index (χ2v) is 3.74. The third kappa shape index (κ3) is 2.04. The van der Waals surface area contributed by atoms with Gasteiger partial charge in [-0.1, -0.05) is 12.1 Å². The lowest BCUT2D eigenvalue weighted by Crippen LogP contribution is -2.27. The van der Waals surface area contributed by atoms with Crippen LogP contribution in [0.2, 0.25) is 0 Å². The van der Waals surface area contributed by atoms with Crippen LogP contribution in [0, 0.1) is 5.92 Å². The monoisotopic (exact) mass is 233 g/mol. The smallest absolute Gasteiger partial charge is 0.317 e. The van der Waals surface area contributed by atoms with Crippen LogP contribution in [-0.2, 0) is 14.3 Å². The number of esters is 1. The predicted molar refractivity (Wildman–Crippen MR) is 59.5 cm³/mol. The summed E-state index contributed by atoms with van der Waals surface area (Å²) in [5, 5.41) is 2.59. The van der Waals surface area contributed by atoms with Gasteiger partial charge in [0.2, 0.25) is 5.91 Å². The molecule has 1 N–H and O–H groups in total. The molecule has 0 radical (unpaired) electrons. The maximum Gasteiger partial charge on any atom is 0.317 e. The summed E-state index contributed by atoms with van der Waals surface area (Å²) in [6.07, 6.45) is -0.180. The lowest BCUT2D eigenvalue weighted by molar-refractivity contribution is -0.145. The predicted octanol–water partition coefficient (Wildman–Crippen LogP) is 1.00. The van der Waals surface area contributed by atoms with Crippen molar-refractivity contribution in [2.45, 2.75) is 6.42 Å². The molecule has 0 fully saturated rings. The quantitative estimate of drug-likeness (QED) is 0.580. The number of amides is 1. The van der Waals surface area contributed by atoms with Crippen LogP contribution >= 0.6 is 0 Å². The highest BCUT2D eigenvalue weighted by Gasteiger charge is 2.34. The van der Waals surface area contributed by atoms with Crippen molar-refractivity contribution < 1.29 is 19.1 Å². The number of fused-ring (bicyclic) bond motifs is 1. The zero-order valence-corrected chi connectivity index (χ0v) is 9.23. The van der Waals surface area contributed by atoms with Crippen molar-refractivity contribution in [2.24, 2.45) is 5.92 Å². The van der Waals surface area contributed by atoms with Gasteiger partial charge in [0, 0.05) is 12.0 Å². The number of para-hydroxylation sites is 1. The molecule has 1 heterocycles. The first-order valence-corrected chi connectivity index (χ1v) is 5.14. The molecule has 0 aliphatic carbocycles. The fourth-order valence-electron chi connectivity index (χ4n) is 1.81. The molecule has 0 spiro atoms. The first-order valence-electron chi connectivity index (χ1n) is 5.14. The maximum atomic E-state index is 12.1. The fourth-order valence-corrected chi connectivity index (χ4v) is 1.81. The van der Waals surface area contributed by atoms with E-state index in [-0.39, 0.29) is 18.1 Å². The Morgan fingerprint density at radius 1 is 1.35 bits per heavy atom. The number of hydrogen-bond acceptors (Lipinski definition) is 4. The summed E-state index contributed by atoms with van der Waals surface area (Å²) < 4.78 is 4.54. The average molecular weight is 233 g/mol. The van der Waals surface area contributed by atoms with E-state index in [0.29, 0.717) is 11.3 Å². The van der Waals surface area contributed by atoms with Crippen molar-refractivity contribution in [2.75, 3.05) is 12.4 Å². The molecule has 1 aromatic carbocycles. The SMILES string of the molecule is COC(=O)[C@@H]1CC(=O)Nc2ccccc2C1=O. The largest absolute Gasteiger partial charge is 0.468 e. The second kappa shape index (κ2) is 4.37. The zero-order chi connectivity index (χ0) is 12.4. The van der Waals surface area contributed by atoms with Crippen molar-refractivity contribution in [3.8, 4) is 0 Å². The molecule has 88 valence electrons. The first-order chi connectivity index (χ1) is 8.13. The lowest BCUT2D eigenvalue weighted by atomic mass is 9.95. The molecule has 1 atom stereocenters. The maximum absolute atomic E-state index is 12.1. The molecular formula is C12H11NO4. The number of rotatable bonds is 1. The van der Waals surface area contributed by atoms with Gasteiger partial charge in [-0.15, -0.1) is 0 Å². The Morgan fingerprint density at radius 2 is 2.06 bits per heavy atom. The minimum absolute atomic E-state index is 0.180. The van der Waals surface area contributed by atoms with Gasteiger partial charge in [-0.3, -0.25) is 14.4 Å². The van der Waals surface area contributed by atoms with Crippen molar-refractivity contribution in [3.63, 3.8) is 0 Å². The number of carbonyl (C=O) groups excluding carboxylic acids is 3. The van der Waals surface area contributed by atoms with Crippen molar-refractivity contribution in [3.05, 3.63) is 29.8 Å². The van der Waals surface area contributed by atoms with Crippen LogP contribution in [0.15, 0.2) is 24.3 Å². The Bertz CT molecular complexity index is 495. The van der Waals surface area contributed by atoms with E-state index in [1.807, 2.05) is 0 Å². The van der Waals surface area contributed by atoms with Gasteiger partial charge in [0.1, 0.15) is 5.92 Å². The van der Waals surface area contributed by atoms with E-state index >= 15 is 0 Å².